The Morgan fingerprint density at radius 3 is 2.03 bits per heavy atom. The lowest BCUT2D eigenvalue weighted by atomic mass is 10.0. The number of nitrogens with zero attached hydrogens (tertiary/aromatic N) is 4. The molecular formula is C20H12F6N4O. The zero-order valence-electron chi connectivity index (χ0n) is 15.7. The summed E-state index contributed by atoms with van der Waals surface area (Å²) in [5, 5.41) is 0. The second-order valence-electron chi connectivity index (χ2n) is 6.34. The summed E-state index contributed by atoms with van der Waals surface area (Å²) >= 11 is 0. The largest absolute Gasteiger partial charge is 0.416 e. The Morgan fingerprint density at radius 1 is 0.935 bits per heavy atom. The third-order valence-electron chi connectivity index (χ3n) is 4.07. The van der Waals surface area contributed by atoms with Crippen LogP contribution in [0, 0.1) is 0 Å². The van der Waals surface area contributed by atoms with E-state index >= 15 is 0 Å². The van der Waals surface area contributed by atoms with E-state index in [1.165, 1.54) is 44.0 Å². The number of rotatable bonds is 4. The Labute approximate surface area is 171 Å². The van der Waals surface area contributed by atoms with Gasteiger partial charge in [0, 0.05) is 35.3 Å². The molecule has 0 radical (unpaired) electrons. The maximum Gasteiger partial charge on any atom is 0.416 e. The van der Waals surface area contributed by atoms with Crippen molar-refractivity contribution in [2.75, 3.05) is 0 Å². The van der Waals surface area contributed by atoms with Crippen molar-refractivity contribution in [3.8, 4) is 11.4 Å². The van der Waals surface area contributed by atoms with Crippen molar-refractivity contribution < 1.29 is 31.1 Å². The fourth-order valence-electron chi connectivity index (χ4n) is 2.65. The van der Waals surface area contributed by atoms with Gasteiger partial charge in [0.05, 0.1) is 16.8 Å². The van der Waals surface area contributed by atoms with E-state index in [-0.39, 0.29) is 28.9 Å². The molecule has 0 amide bonds. The number of halogens is 6. The van der Waals surface area contributed by atoms with E-state index in [4.69, 9.17) is 0 Å². The van der Waals surface area contributed by atoms with Crippen LogP contribution < -0.4 is 0 Å². The molecule has 0 N–H and O–H groups in total. The molecule has 0 aliphatic carbocycles. The molecule has 3 aromatic rings. The molecule has 2 aromatic heterocycles. The number of aromatic nitrogens is 4. The number of hydrogen-bond donors (Lipinski definition) is 0. The number of allylic oxidation sites excluding steroid dienone is 1. The zero-order chi connectivity index (χ0) is 22.8. The molecule has 160 valence electrons. The lowest BCUT2D eigenvalue weighted by molar-refractivity contribution is -0.143. The van der Waals surface area contributed by atoms with Crippen molar-refractivity contribution in [3.63, 3.8) is 0 Å². The molecule has 11 heteroatoms. The van der Waals surface area contributed by atoms with Gasteiger partial charge >= 0.3 is 12.4 Å². The zero-order valence-corrected chi connectivity index (χ0v) is 15.7. The lowest BCUT2D eigenvalue weighted by Crippen LogP contribution is -2.11. The Bertz CT molecular complexity index is 1110. The molecule has 3 rings (SSSR count). The Morgan fingerprint density at radius 2 is 1.52 bits per heavy atom. The highest BCUT2D eigenvalue weighted by Gasteiger charge is 2.37. The smallest absolute Gasteiger partial charge is 0.294 e. The summed E-state index contributed by atoms with van der Waals surface area (Å²) in [7, 11) is 0. The van der Waals surface area contributed by atoms with E-state index < -0.39 is 29.0 Å². The lowest BCUT2D eigenvalue weighted by Gasteiger charge is -2.14. The van der Waals surface area contributed by atoms with Gasteiger partial charge in [-0.2, -0.15) is 26.3 Å². The summed E-state index contributed by atoms with van der Waals surface area (Å²) in [5.74, 6) is -0.731. The summed E-state index contributed by atoms with van der Waals surface area (Å²) in [6.07, 6.45) is -3.48. The van der Waals surface area contributed by atoms with Crippen LogP contribution in [0.15, 0.2) is 49.2 Å². The van der Waals surface area contributed by atoms with E-state index in [0.29, 0.717) is 17.7 Å². The monoisotopic (exact) mass is 438 g/mol. The summed E-state index contributed by atoms with van der Waals surface area (Å²) < 4.78 is 78.7. The number of benzene rings is 1. The number of Topliss-reactive ketones (excluding diaryl/α,β-unsaturated/α-hetero) is 1. The molecule has 31 heavy (non-hydrogen) atoms. The van der Waals surface area contributed by atoms with Crippen LogP contribution in [0.1, 0.15) is 29.3 Å². The standard InChI is InChI=1S/C20H12F6N4O/c1-11(31)17(13-8-27-10-28-9-13)7-16-2-3-29-18(30-16)12-4-14(19(21,22)23)6-15(5-12)20(24,25)26/h2-10H,1H3/b17-7-. The number of ketones is 1. The van der Waals surface area contributed by atoms with Crippen LogP contribution in [-0.4, -0.2) is 25.7 Å². The third-order valence-corrected chi connectivity index (χ3v) is 4.07. The maximum absolute atomic E-state index is 13.1. The predicted molar refractivity (Wildman–Crippen MR) is 98.1 cm³/mol. The number of carbonyl (C=O) groups is 1. The molecule has 0 unspecified atom stereocenters. The van der Waals surface area contributed by atoms with Crippen molar-refractivity contribution >= 4 is 17.4 Å². The van der Waals surface area contributed by atoms with Gasteiger partial charge < -0.3 is 0 Å². The van der Waals surface area contributed by atoms with Crippen LogP contribution in [0.2, 0.25) is 0 Å². The Hall–Kier alpha value is -3.63. The second-order valence-corrected chi connectivity index (χ2v) is 6.34. The average molecular weight is 438 g/mol. The first kappa shape index (κ1) is 22.1. The van der Waals surface area contributed by atoms with Crippen molar-refractivity contribution in [1.29, 1.82) is 0 Å². The number of carbonyl (C=O) groups excluding carboxylic acids is 1. The van der Waals surface area contributed by atoms with Gasteiger partial charge in [0.15, 0.2) is 11.6 Å². The minimum Gasteiger partial charge on any atom is -0.294 e. The summed E-state index contributed by atoms with van der Waals surface area (Å²) in [4.78, 5) is 27.4. The first-order valence-electron chi connectivity index (χ1n) is 8.56. The molecule has 0 saturated heterocycles. The molecule has 0 aliphatic heterocycles. The van der Waals surface area contributed by atoms with E-state index in [1.54, 1.807) is 0 Å². The fourth-order valence-corrected chi connectivity index (χ4v) is 2.65. The molecule has 0 spiro atoms. The minimum absolute atomic E-state index is 0.0243. The maximum atomic E-state index is 13.1. The topological polar surface area (TPSA) is 68.6 Å². The van der Waals surface area contributed by atoms with Crippen molar-refractivity contribution in [3.05, 3.63) is 71.6 Å². The highest BCUT2D eigenvalue weighted by Crippen LogP contribution is 2.38. The van der Waals surface area contributed by atoms with Crippen LogP contribution in [-0.2, 0) is 17.1 Å². The van der Waals surface area contributed by atoms with Crippen molar-refractivity contribution in [2.24, 2.45) is 0 Å². The van der Waals surface area contributed by atoms with Crippen LogP contribution in [0.4, 0.5) is 26.3 Å². The Kier molecular flexibility index (Phi) is 5.87. The Balaban J connectivity index is 2.12. The molecule has 0 atom stereocenters. The van der Waals surface area contributed by atoms with E-state index in [2.05, 4.69) is 19.9 Å². The summed E-state index contributed by atoms with van der Waals surface area (Å²) in [6, 6.07) is 2.45. The number of hydrogen-bond acceptors (Lipinski definition) is 5. The van der Waals surface area contributed by atoms with Gasteiger partial charge in [-0.25, -0.2) is 19.9 Å². The molecule has 0 saturated carbocycles. The molecule has 0 fully saturated rings. The fraction of sp³-hybridized carbons (Fsp3) is 0.150. The molecule has 0 bridgehead atoms. The van der Waals surface area contributed by atoms with Crippen molar-refractivity contribution in [2.45, 2.75) is 19.3 Å². The van der Waals surface area contributed by atoms with Crippen LogP contribution in [0.25, 0.3) is 23.0 Å². The first-order chi connectivity index (χ1) is 14.4. The summed E-state index contributed by atoms with van der Waals surface area (Å²) in [6.45, 7) is 1.28. The third kappa shape index (κ3) is 5.30. The quantitative estimate of drug-likeness (QED) is 0.419. The van der Waals surface area contributed by atoms with Gasteiger partial charge in [0.1, 0.15) is 6.33 Å². The van der Waals surface area contributed by atoms with Gasteiger partial charge in [-0.05, 0) is 37.3 Å². The first-order valence-corrected chi connectivity index (χ1v) is 8.56. The van der Waals surface area contributed by atoms with Gasteiger partial charge in [-0.3, -0.25) is 4.79 Å². The second kappa shape index (κ2) is 8.25. The van der Waals surface area contributed by atoms with E-state index in [9.17, 15) is 31.1 Å². The van der Waals surface area contributed by atoms with Gasteiger partial charge in [-0.15, -0.1) is 0 Å². The van der Waals surface area contributed by atoms with E-state index in [0.717, 1.165) is 0 Å². The molecule has 0 aliphatic rings. The van der Waals surface area contributed by atoms with Gasteiger partial charge in [-0.1, -0.05) is 0 Å². The average Bonchev–Trinajstić information content (AvgIpc) is 2.71. The van der Waals surface area contributed by atoms with Crippen LogP contribution in [0.3, 0.4) is 0 Å². The minimum atomic E-state index is -5.00. The molecule has 2 heterocycles. The normalized spacial score (nSPS) is 12.7. The van der Waals surface area contributed by atoms with Crippen LogP contribution >= 0.6 is 0 Å². The highest BCUT2D eigenvalue weighted by molar-refractivity contribution is 6.23. The summed E-state index contributed by atoms with van der Waals surface area (Å²) in [5.41, 5.74) is -2.80. The van der Waals surface area contributed by atoms with Gasteiger partial charge in [0.2, 0.25) is 0 Å². The van der Waals surface area contributed by atoms with Crippen LogP contribution in [0.5, 0.6) is 0 Å². The number of alkyl halides is 6. The van der Waals surface area contributed by atoms with E-state index in [1.807, 2.05) is 0 Å². The molecule has 5 nitrogen and oxygen atoms in total. The SMILES string of the molecule is CC(=O)/C(=C/c1ccnc(-c2cc(C(F)(F)F)cc(C(F)(F)F)c2)n1)c1cncnc1. The highest BCUT2D eigenvalue weighted by atomic mass is 19.4. The van der Waals surface area contributed by atoms with Gasteiger partial charge in [0.25, 0.3) is 0 Å². The predicted octanol–water partition coefficient (Wildman–Crippen LogP) is 5.10. The molecule has 1 aromatic carbocycles. The molecular weight excluding hydrogens is 426 g/mol. The van der Waals surface area contributed by atoms with Crippen molar-refractivity contribution in [1.82, 2.24) is 19.9 Å².